The van der Waals surface area contributed by atoms with Crippen LogP contribution in [-0.4, -0.2) is 51.5 Å². The molecule has 0 radical (unpaired) electrons. The van der Waals surface area contributed by atoms with Crippen molar-refractivity contribution in [1.82, 2.24) is 5.32 Å². The molecule has 1 unspecified atom stereocenters. The van der Waals surface area contributed by atoms with Gasteiger partial charge in [-0.2, -0.15) is 0 Å². The van der Waals surface area contributed by atoms with Gasteiger partial charge in [-0.1, -0.05) is 6.92 Å². The number of carbonyl (C=O) groups excluding carboxylic acids is 2. The van der Waals surface area contributed by atoms with Gasteiger partial charge in [0, 0.05) is 22.4 Å². The number of carboxylic acids is 1. The summed E-state index contributed by atoms with van der Waals surface area (Å²) in [6.07, 6.45) is 0.189. The van der Waals surface area contributed by atoms with Crippen LogP contribution in [0.15, 0.2) is 30.3 Å². The van der Waals surface area contributed by atoms with Gasteiger partial charge in [0.15, 0.2) is 0 Å². The van der Waals surface area contributed by atoms with Crippen molar-refractivity contribution in [3.05, 3.63) is 55.8 Å². The number of aliphatic hydroxyl groups is 1. The molecule has 0 spiro atoms. The highest BCUT2D eigenvalue weighted by molar-refractivity contribution is 7.13. The van der Waals surface area contributed by atoms with E-state index in [-0.39, 0.29) is 28.4 Å². The number of aliphatic hydroxyl groups excluding tert-OH is 1. The first-order chi connectivity index (χ1) is 15.0. The Morgan fingerprint density at radius 3 is 2.56 bits per heavy atom. The van der Waals surface area contributed by atoms with Crippen LogP contribution in [0.2, 0.25) is 0 Å². The number of carbonyl (C=O) groups is 3. The van der Waals surface area contributed by atoms with Gasteiger partial charge in [-0.3, -0.25) is 20.3 Å². The van der Waals surface area contributed by atoms with Gasteiger partial charge >= 0.3 is 17.6 Å². The second kappa shape index (κ2) is 10.5. The minimum Gasteiger partial charge on any atom is -0.480 e. The number of amides is 1. The Labute approximate surface area is 185 Å². The van der Waals surface area contributed by atoms with Crippen molar-refractivity contribution in [2.45, 2.75) is 19.4 Å². The van der Waals surface area contributed by atoms with Gasteiger partial charge in [0.05, 0.1) is 11.5 Å². The topological polar surface area (TPSA) is 206 Å². The molecule has 2 atom stereocenters. The average Bonchev–Trinajstić information content (AvgIpc) is 3.19. The summed E-state index contributed by atoms with van der Waals surface area (Å²) in [5.74, 6) is -4.11. The molecule has 1 heterocycles. The standard InChI is InChI=1S/C19H20N4O8S/c1-9(17(25)22-12(8-24)18(26)27)6-11-3-5-15(32-11)19(28)31-14-4-2-10(16(20)21)7-13(14)23(29)30/h2-5,7,9,12,24H,6,8H2,1H3,(H3,20,21)(H,22,25)(H,26,27)/t9?,12-/m0/s1. The van der Waals surface area contributed by atoms with Crippen LogP contribution in [0.1, 0.15) is 27.0 Å². The number of aliphatic carboxylic acids is 1. The highest BCUT2D eigenvalue weighted by Gasteiger charge is 2.24. The molecule has 2 rings (SSSR count). The normalized spacial score (nSPS) is 12.4. The summed E-state index contributed by atoms with van der Waals surface area (Å²) in [5.41, 5.74) is 4.90. The van der Waals surface area contributed by atoms with Crippen molar-refractivity contribution in [2.24, 2.45) is 11.7 Å². The number of nitro groups is 1. The quantitative estimate of drug-likeness (QED) is 0.0844. The van der Waals surface area contributed by atoms with E-state index in [2.05, 4.69) is 5.32 Å². The number of rotatable bonds is 10. The maximum Gasteiger partial charge on any atom is 0.353 e. The van der Waals surface area contributed by atoms with E-state index in [1.165, 1.54) is 18.2 Å². The van der Waals surface area contributed by atoms with Crippen LogP contribution in [0.4, 0.5) is 5.69 Å². The Hall–Kier alpha value is -3.84. The smallest absolute Gasteiger partial charge is 0.353 e. The SMILES string of the molecule is CC(Cc1ccc(C(=O)Oc2ccc(C(=N)N)cc2[N+](=O)[O-])s1)C(=O)N[C@@H](CO)C(=O)O. The summed E-state index contributed by atoms with van der Waals surface area (Å²) in [5, 5.41) is 38.7. The Bertz CT molecular complexity index is 1070. The summed E-state index contributed by atoms with van der Waals surface area (Å²) >= 11 is 1.01. The fraction of sp³-hybridized carbons (Fsp3) is 0.263. The Kier molecular flexibility index (Phi) is 7.98. The molecule has 0 fully saturated rings. The molecule has 0 saturated heterocycles. The molecule has 2 aromatic rings. The number of nitrogens with two attached hydrogens (primary N) is 1. The average molecular weight is 464 g/mol. The van der Waals surface area contributed by atoms with E-state index in [0.29, 0.717) is 4.88 Å². The van der Waals surface area contributed by atoms with E-state index in [0.717, 1.165) is 17.4 Å². The summed E-state index contributed by atoms with van der Waals surface area (Å²) in [6.45, 7) is 0.811. The van der Waals surface area contributed by atoms with Crippen LogP contribution in [0.3, 0.4) is 0 Å². The van der Waals surface area contributed by atoms with Crippen LogP contribution in [-0.2, 0) is 16.0 Å². The number of nitrogens with zero attached hydrogens (tertiary/aromatic N) is 1. The van der Waals surface area contributed by atoms with Crippen molar-refractivity contribution in [3.63, 3.8) is 0 Å². The van der Waals surface area contributed by atoms with Gasteiger partial charge in [-0.15, -0.1) is 11.3 Å². The number of thiophene rings is 1. The second-order valence-electron chi connectivity index (χ2n) is 6.70. The summed E-state index contributed by atoms with van der Waals surface area (Å²) in [6, 6.07) is 5.13. The summed E-state index contributed by atoms with van der Waals surface area (Å²) in [4.78, 5) is 46.7. The molecular formula is C19H20N4O8S. The van der Waals surface area contributed by atoms with Gasteiger partial charge in [0.25, 0.3) is 0 Å². The van der Waals surface area contributed by atoms with Crippen molar-refractivity contribution >= 4 is 40.7 Å². The molecule has 0 bridgehead atoms. The fourth-order valence-electron chi connectivity index (χ4n) is 2.56. The molecule has 1 aromatic heterocycles. The lowest BCUT2D eigenvalue weighted by Crippen LogP contribution is -2.45. The van der Waals surface area contributed by atoms with Gasteiger partial charge in [-0.25, -0.2) is 9.59 Å². The molecule has 13 heteroatoms. The zero-order chi connectivity index (χ0) is 24.0. The lowest BCUT2D eigenvalue weighted by molar-refractivity contribution is -0.385. The van der Waals surface area contributed by atoms with E-state index in [9.17, 15) is 24.5 Å². The van der Waals surface area contributed by atoms with Crippen molar-refractivity contribution in [1.29, 1.82) is 5.41 Å². The first-order valence-corrected chi connectivity index (χ1v) is 9.92. The third-order valence-electron chi connectivity index (χ3n) is 4.28. The molecular weight excluding hydrogens is 444 g/mol. The second-order valence-corrected chi connectivity index (χ2v) is 7.86. The van der Waals surface area contributed by atoms with E-state index in [4.69, 9.17) is 26.1 Å². The molecule has 0 aliphatic carbocycles. The predicted molar refractivity (Wildman–Crippen MR) is 113 cm³/mol. The fourth-order valence-corrected chi connectivity index (χ4v) is 3.57. The first-order valence-electron chi connectivity index (χ1n) is 9.11. The summed E-state index contributed by atoms with van der Waals surface area (Å²) in [7, 11) is 0. The van der Waals surface area contributed by atoms with Crippen LogP contribution >= 0.6 is 11.3 Å². The number of amidine groups is 1. The van der Waals surface area contributed by atoms with Gasteiger partial charge in [0.2, 0.25) is 11.7 Å². The molecule has 1 amide bonds. The zero-order valence-corrected chi connectivity index (χ0v) is 17.5. The maximum atomic E-state index is 12.4. The lowest BCUT2D eigenvalue weighted by Gasteiger charge is -2.15. The van der Waals surface area contributed by atoms with Crippen LogP contribution in [0.5, 0.6) is 5.75 Å². The Balaban J connectivity index is 2.08. The van der Waals surface area contributed by atoms with Crippen LogP contribution in [0.25, 0.3) is 0 Å². The van der Waals surface area contributed by atoms with Gasteiger partial charge < -0.3 is 26.0 Å². The number of ether oxygens (including phenoxy) is 1. The zero-order valence-electron chi connectivity index (χ0n) is 16.7. The van der Waals surface area contributed by atoms with E-state index in [1.54, 1.807) is 13.0 Å². The molecule has 0 aliphatic rings. The van der Waals surface area contributed by atoms with E-state index in [1.807, 2.05) is 0 Å². The minimum atomic E-state index is -1.41. The molecule has 32 heavy (non-hydrogen) atoms. The molecule has 170 valence electrons. The van der Waals surface area contributed by atoms with Gasteiger partial charge in [0.1, 0.15) is 16.8 Å². The minimum absolute atomic E-state index is 0.105. The molecule has 6 N–H and O–H groups in total. The predicted octanol–water partition coefficient (Wildman–Crippen LogP) is 0.900. The number of esters is 1. The highest BCUT2D eigenvalue weighted by atomic mass is 32.1. The number of benzene rings is 1. The first kappa shape index (κ1) is 24.4. The summed E-state index contributed by atoms with van der Waals surface area (Å²) < 4.78 is 5.13. The van der Waals surface area contributed by atoms with E-state index < -0.39 is 47.0 Å². The number of nitrogens with one attached hydrogen (secondary N) is 2. The number of nitrogen functional groups attached to an aromatic ring is 1. The highest BCUT2D eigenvalue weighted by Crippen LogP contribution is 2.30. The monoisotopic (exact) mass is 464 g/mol. The van der Waals surface area contributed by atoms with Crippen molar-refractivity contribution in [2.75, 3.05) is 6.61 Å². The number of nitro benzene ring substituents is 1. The Morgan fingerprint density at radius 2 is 2.00 bits per heavy atom. The third-order valence-corrected chi connectivity index (χ3v) is 5.37. The van der Waals surface area contributed by atoms with Crippen LogP contribution < -0.4 is 15.8 Å². The number of carboxylic acid groups (broad SMARTS) is 1. The lowest BCUT2D eigenvalue weighted by atomic mass is 10.1. The van der Waals surface area contributed by atoms with Crippen LogP contribution in [0, 0.1) is 21.4 Å². The third kappa shape index (κ3) is 6.09. The maximum absolute atomic E-state index is 12.4. The van der Waals surface area contributed by atoms with Crippen molar-refractivity contribution < 1.29 is 34.3 Å². The molecule has 12 nitrogen and oxygen atoms in total. The van der Waals surface area contributed by atoms with Crippen molar-refractivity contribution in [3.8, 4) is 5.75 Å². The van der Waals surface area contributed by atoms with E-state index >= 15 is 0 Å². The number of hydrogen-bond donors (Lipinski definition) is 5. The largest absolute Gasteiger partial charge is 0.480 e. The Morgan fingerprint density at radius 1 is 1.31 bits per heavy atom. The van der Waals surface area contributed by atoms with Gasteiger partial charge in [-0.05, 0) is 30.7 Å². The molecule has 0 aliphatic heterocycles. The molecule has 1 aromatic carbocycles. The molecule has 0 saturated carbocycles. The number of hydrogen-bond acceptors (Lipinski definition) is 9.